The normalized spacial score (nSPS) is 17.8. The number of allylic oxidation sites excluding steroid dienone is 6. The van der Waals surface area contributed by atoms with Gasteiger partial charge in [0.2, 0.25) is 0 Å². The molecule has 6 aromatic rings. The summed E-state index contributed by atoms with van der Waals surface area (Å²) in [6.07, 6.45) is 11.5. The average molecular weight is 630 g/mol. The van der Waals surface area contributed by atoms with Gasteiger partial charge in [-0.15, -0.1) is 11.3 Å². The molecule has 0 amide bonds. The fourth-order valence-electron chi connectivity index (χ4n) is 7.97. The number of fused-ring (bicyclic) bond motifs is 9. The van der Waals surface area contributed by atoms with Gasteiger partial charge in [-0.1, -0.05) is 122 Å². The van der Waals surface area contributed by atoms with Gasteiger partial charge >= 0.3 is 5.96 Å². The molecule has 0 spiro atoms. The second kappa shape index (κ2) is 10.3. The van der Waals surface area contributed by atoms with Crippen molar-refractivity contribution in [3.63, 3.8) is 0 Å². The molecule has 3 aliphatic carbocycles. The van der Waals surface area contributed by atoms with Gasteiger partial charge in [0.1, 0.15) is 11.0 Å². The highest BCUT2D eigenvalue weighted by Crippen LogP contribution is 2.57. The number of thiophene rings is 1. The van der Waals surface area contributed by atoms with Crippen LogP contribution >= 0.6 is 11.3 Å². The largest absolute Gasteiger partial charge is 0.440 e. The smallest absolute Gasteiger partial charge is 0.390 e. The molecule has 2 heterocycles. The maximum Gasteiger partial charge on any atom is 0.440 e. The first kappa shape index (κ1) is 27.9. The Morgan fingerprint density at radius 1 is 0.872 bits per heavy atom. The van der Waals surface area contributed by atoms with Crippen molar-refractivity contribution < 1.29 is 4.92 Å². The molecule has 0 fully saturated rings. The number of hydrogen-bond donors (Lipinski definition) is 0. The Balaban J connectivity index is 1.32. The molecule has 0 saturated heterocycles. The van der Waals surface area contributed by atoms with Gasteiger partial charge in [0.05, 0.1) is 0 Å². The van der Waals surface area contributed by atoms with Gasteiger partial charge in [-0.05, 0) is 69.2 Å². The molecule has 9 rings (SSSR count). The molecule has 0 N–H and O–H groups in total. The minimum absolute atomic E-state index is 0.0594. The number of nitrogens with zero attached hydrogens (tertiary/aromatic N) is 3. The van der Waals surface area contributed by atoms with Crippen LogP contribution in [0.3, 0.4) is 0 Å². The Hall–Kier alpha value is -5.33. The van der Waals surface area contributed by atoms with Gasteiger partial charge in [0.25, 0.3) is 0 Å². The van der Waals surface area contributed by atoms with E-state index < -0.39 is 0 Å². The van der Waals surface area contributed by atoms with Gasteiger partial charge in [-0.3, -0.25) is 0 Å². The summed E-state index contributed by atoms with van der Waals surface area (Å²) in [7, 11) is 0. The van der Waals surface area contributed by atoms with E-state index in [9.17, 15) is 10.1 Å². The second-order valence-electron chi connectivity index (χ2n) is 13.1. The predicted molar refractivity (Wildman–Crippen MR) is 196 cm³/mol. The maximum absolute atomic E-state index is 13.2. The zero-order valence-corrected chi connectivity index (χ0v) is 27.0. The summed E-state index contributed by atoms with van der Waals surface area (Å²) in [5.41, 5.74) is 10.5. The SMILES string of the molecule is CC1(C)C2=C(C=CCC2)c2sc3c(ccc4c3c3ccccc3n4C(=N/C(=C3/C=Cc4ccccc4C3)c3ccccc3)[N+](=O)[O-])c21. The van der Waals surface area contributed by atoms with Gasteiger partial charge < -0.3 is 10.1 Å². The number of aromatic nitrogens is 1. The number of aliphatic imine (C=N–C) groups is 1. The van der Waals surface area contributed by atoms with Gasteiger partial charge in [0, 0.05) is 37.7 Å². The molecule has 228 valence electrons. The highest BCUT2D eigenvalue weighted by Gasteiger charge is 2.41. The third-order valence-electron chi connectivity index (χ3n) is 10.1. The molecule has 4 aromatic carbocycles. The van der Waals surface area contributed by atoms with E-state index >= 15 is 0 Å². The number of para-hydroxylation sites is 1. The van der Waals surface area contributed by atoms with Gasteiger partial charge in [-0.2, -0.15) is 4.57 Å². The Bertz CT molecular complexity index is 2480. The van der Waals surface area contributed by atoms with Crippen LogP contribution < -0.4 is 0 Å². The number of benzene rings is 4. The molecule has 6 heteroatoms. The standard InChI is InChI=1S/C41H31N3O2S/c1-41(2)32-18-10-8-16-29(32)39-36(41)31-22-23-34-35(38(31)47-39)30-17-9-11-19-33(30)43(34)40(44(45)46)42-37(26-13-4-3-5-14-26)28-21-20-25-12-6-7-15-27(25)24-28/h3-9,11-17,19-23H,10,18,24H2,1-2H3/b37-28-,42-40?. The third-order valence-corrected chi connectivity index (χ3v) is 11.4. The summed E-state index contributed by atoms with van der Waals surface area (Å²) in [6.45, 7) is 4.70. The van der Waals surface area contributed by atoms with Crippen molar-refractivity contribution in [1.82, 2.24) is 4.57 Å². The van der Waals surface area contributed by atoms with E-state index in [4.69, 9.17) is 4.99 Å². The Morgan fingerprint density at radius 3 is 2.51 bits per heavy atom. The van der Waals surface area contributed by atoms with Crippen LogP contribution in [0, 0.1) is 10.1 Å². The van der Waals surface area contributed by atoms with E-state index in [2.05, 4.69) is 68.5 Å². The second-order valence-corrected chi connectivity index (χ2v) is 14.1. The van der Waals surface area contributed by atoms with Crippen molar-refractivity contribution in [2.24, 2.45) is 4.99 Å². The zero-order chi connectivity index (χ0) is 31.9. The van der Waals surface area contributed by atoms with Crippen molar-refractivity contribution in [1.29, 1.82) is 0 Å². The summed E-state index contributed by atoms with van der Waals surface area (Å²) in [5.74, 6) is -0.209. The summed E-state index contributed by atoms with van der Waals surface area (Å²) in [6, 6.07) is 30.4. The van der Waals surface area contributed by atoms with E-state index in [0.717, 1.165) is 51.3 Å². The summed E-state index contributed by atoms with van der Waals surface area (Å²) in [4.78, 5) is 19.1. The first-order valence-electron chi connectivity index (χ1n) is 16.1. The van der Waals surface area contributed by atoms with Crippen molar-refractivity contribution in [3.8, 4) is 0 Å². The first-order valence-corrected chi connectivity index (χ1v) is 16.9. The predicted octanol–water partition coefficient (Wildman–Crippen LogP) is 10.6. The van der Waals surface area contributed by atoms with Crippen LogP contribution in [0.1, 0.15) is 53.8 Å². The van der Waals surface area contributed by atoms with Crippen LogP contribution in [0.2, 0.25) is 0 Å². The van der Waals surface area contributed by atoms with Crippen molar-refractivity contribution in [2.75, 3.05) is 0 Å². The molecule has 2 aromatic heterocycles. The van der Waals surface area contributed by atoms with E-state index in [1.165, 1.54) is 37.2 Å². The van der Waals surface area contributed by atoms with Crippen LogP contribution in [0.4, 0.5) is 0 Å². The van der Waals surface area contributed by atoms with Gasteiger partial charge in [0.15, 0.2) is 5.70 Å². The van der Waals surface area contributed by atoms with E-state index in [1.54, 1.807) is 4.57 Å². The van der Waals surface area contributed by atoms with Crippen LogP contribution in [0.15, 0.2) is 125 Å². The molecule has 0 atom stereocenters. The van der Waals surface area contributed by atoms with Crippen LogP contribution in [0.25, 0.3) is 49.2 Å². The minimum atomic E-state index is -0.332. The molecule has 3 aliphatic rings. The number of rotatable bonds is 2. The quantitative estimate of drug-likeness (QED) is 0.0828. The Labute approximate surface area is 276 Å². The number of nitro groups is 1. The first-order chi connectivity index (χ1) is 22.9. The van der Waals surface area contributed by atoms with Gasteiger partial charge in [-0.25, -0.2) is 0 Å². The summed E-state index contributed by atoms with van der Waals surface area (Å²) < 4.78 is 2.94. The highest BCUT2D eigenvalue weighted by molar-refractivity contribution is 7.21. The molecular weight excluding hydrogens is 599 g/mol. The summed E-state index contributed by atoms with van der Waals surface area (Å²) in [5, 5.41) is 16.4. The summed E-state index contributed by atoms with van der Waals surface area (Å²) >= 11 is 1.83. The maximum atomic E-state index is 13.2. The Kier molecular flexibility index (Phi) is 6.15. The lowest BCUT2D eigenvalue weighted by Gasteiger charge is -2.25. The molecule has 5 nitrogen and oxygen atoms in total. The van der Waals surface area contributed by atoms with Crippen LogP contribution in [0.5, 0.6) is 0 Å². The lowest BCUT2D eigenvalue weighted by Crippen LogP contribution is -2.22. The topological polar surface area (TPSA) is 60.4 Å². The van der Waals surface area contributed by atoms with Crippen LogP contribution in [-0.2, 0) is 11.8 Å². The molecule has 47 heavy (non-hydrogen) atoms. The minimum Gasteiger partial charge on any atom is -0.390 e. The molecule has 0 bridgehead atoms. The third kappa shape index (κ3) is 4.11. The molecule has 0 saturated carbocycles. The Morgan fingerprint density at radius 2 is 1.66 bits per heavy atom. The van der Waals surface area contributed by atoms with E-state index in [-0.39, 0.29) is 16.3 Å². The monoisotopic (exact) mass is 629 g/mol. The average Bonchev–Trinajstić information content (AvgIpc) is 3.72. The molecule has 0 radical (unpaired) electrons. The van der Waals surface area contributed by atoms with E-state index in [1.807, 2.05) is 72.0 Å². The fourth-order valence-corrected chi connectivity index (χ4v) is 9.54. The lowest BCUT2D eigenvalue weighted by molar-refractivity contribution is -0.354. The van der Waals surface area contributed by atoms with Crippen molar-refractivity contribution in [2.45, 2.75) is 38.5 Å². The lowest BCUT2D eigenvalue weighted by atomic mass is 9.78. The van der Waals surface area contributed by atoms with Crippen LogP contribution in [-0.4, -0.2) is 15.4 Å². The molecule has 0 aliphatic heterocycles. The van der Waals surface area contributed by atoms with E-state index in [0.29, 0.717) is 12.1 Å². The van der Waals surface area contributed by atoms with Crippen molar-refractivity contribution in [3.05, 3.63) is 158 Å². The fraction of sp³-hybridized carbons (Fsp3) is 0.146. The van der Waals surface area contributed by atoms with Crippen molar-refractivity contribution >= 4 is 66.5 Å². The molecular formula is C41H31N3O2S. The highest BCUT2D eigenvalue weighted by atomic mass is 32.1. The number of hydrogen-bond acceptors (Lipinski definition) is 4. The molecule has 0 unspecified atom stereocenters. The zero-order valence-electron chi connectivity index (χ0n) is 26.2.